The van der Waals surface area contributed by atoms with Crippen molar-refractivity contribution < 1.29 is 0 Å². The summed E-state index contributed by atoms with van der Waals surface area (Å²) in [6, 6.07) is 14.1. The van der Waals surface area contributed by atoms with Crippen LogP contribution in [0, 0.1) is 0 Å². The molecule has 0 bridgehead atoms. The number of anilines is 1. The highest BCUT2D eigenvalue weighted by molar-refractivity contribution is 6.31. The number of nitrogens with two attached hydrogens (primary N) is 1. The normalized spacial score (nSPS) is 10.7. The summed E-state index contributed by atoms with van der Waals surface area (Å²) < 4.78 is 1.42. The van der Waals surface area contributed by atoms with Gasteiger partial charge < -0.3 is 0 Å². The van der Waals surface area contributed by atoms with Crippen LogP contribution in [0.1, 0.15) is 0 Å². The first-order valence-electron chi connectivity index (χ1n) is 5.95. The van der Waals surface area contributed by atoms with Crippen molar-refractivity contribution in [3.63, 3.8) is 0 Å². The summed E-state index contributed by atoms with van der Waals surface area (Å²) >= 11 is 5.95. The maximum absolute atomic E-state index is 12.6. The number of para-hydroxylation sites is 1. The fourth-order valence-corrected chi connectivity index (χ4v) is 2.24. The summed E-state index contributed by atoms with van der Waals surface area (Å²) in [7, 11) is 0. The Morgan fingerprint density at radius 3 is 2.60 bits per heavy atom. The molecule has 3 N–H and O–H groups in total. The molecule has 0 amide bonds. The third-order valence-corrected chi connectivity index (χ3v) is 3.21. The SMILES string of the molecule is NNc1nc2ccc(Cl)cc2c(=O)n1-c1ccccc1. The van der Waals surface area contributed by atoms with E-state index in [-0.39, 0.29) is 11.5 Å². The van der Waals surface area contributed by atoms with Gasteiger partial charge in [-0.05, 0) is 30.3 Å². The van der Waals surface area contributed by atoms with Crippen molar-refractivity contribution in [1.82, 2.24) is 9.55 Å². The lowest BCUT2D eigenvalue weighted by atomic mass is 10.2. The predicted molar refractivity (Wildman–Crippen MR) is 80.2 cm³/mol. The molecule has 0 spiro atoms. The fourth-order valence-electron chi connectivity index (χ4n) is 2.07. The molecule has 1 aromatic heterocycles. The predicted octanol–water partition coefficient (Wildman–Crippen LogP) is 2.32. The summed E-state index contributed by atoms with van der Waals surface area (Å²) in [5.74, 6) is 5.75. The van der Waals surface area contributed by atoms with Gasteiger partial charge in [0.2, 0.25) is 5.95 Å². The third kappa shape index (κ3) is 2.03. The maximum atomic E-state index is 12.6. The van der Waals surface area contributed by atoms with Crippen LogP contribution in [0.4, 0.5) is 5.95 Å². The number of nitrogens with zero attached hydrogens (tertiary/aromatic N) is 2. The lowest BCUT2D eigenvalue weighted by molar-refractivity contribution is 0.955. The number of hydrazine groups is 1. The van der Waals surface area contributed by atoms with E-state index < -0.39 is 0 Å². The minimum absolute atomic E-state index is 0.225. The van der Waals surface area contributed by atoms with Crippen LogP contribution in [-0.4, -0.2) is 9.55 Å². The van der Waals surface area contributed by atoms with Gasteiger partial charge in [-0.15, -0.1) is 0 Å². The van der Waals surface area contributed by atoms with Gasteiger partial charge in [-0.2, -0.15) is 0 Å². The molecule has 0 radical (unpaired) electrons. The summed E-state index contributed by atoms with van der Waals surface area (Å²) in [5.41, 5.74) is 3.46. The number of nitrogens with one attached hydrogen (secondary N) is 1. The molecule has 0 aliphatic heterocycles. The number of rotatable bonds is 2. The number of halogens is 1. The third-order valence-electron chi connectivity index (χ3n) is 2.97. The second-order valence-electron chi connectivity index (χ2n) is 4.22. The monoisotopic (exact) mass is 286 g/mol. The van der Waals surface area contributed by atoms with Crippen LogP contribution >= 0.6 is 11.6 Å². The van der Waals surface area contributed by atoms with Crippen LogP contribution in [0.2, 0.25) is 5.02 Å². The van der Waals surface area contributed by atoms with Crippen LogP contribution < -0.4 is 16.8 Å². The van der Waals surface area contributed by atoms with Gasteiger partial charge in [0.05, 0.1) is 16.6 Å². The van der Waals surface area contributed by atoms with Crippen molar-refractivity contribution >= 4 is 28.5 Å². The largest absolute Gasteiger partial charge is 0.293 e. The van der Waals surface area contributed by atoms with Gasteiger partial charge in [-0.1, -0.05) is 29.8 Å². The first kappa shape index (κ1) is 12.7. The van der Waals surface area contributed by atoms with Crippen LogP contribution in [0.15, 0.2) is 53.3 Å². The van der Waals surface area contributed by atoms with E-state index in [0.717, 1.165) is 0 Å². The Morgan fingerprint density at radius 2 is 1.90 bits per heavy atom. The highest BCUT2D eigenvalue weighted by Crippen LogP contribution is 2.18. The van der Waals surface area contributed by atoms with E-state index in [4.69, 9.17) is 17.4 Å². The molecule has 3 aromatic rings. The summed E-state index contributed by atoms with van der Waals surface area (Å²) in [6.07, 6.45) is 0. The minimum atomic E-state index is -0.225. The molecule has 1 heterocycles. The zero-order valence-electron chi connectivity index (χ0n) is 10.4. The van der Waals surface area contributed by atoms with E-state index in [9.17, 15) is 4.79 Å². The van der Waals surface area contributed by atoms with Crippen molar-refractivity contribution in [1.29, 1.82) is 0 Å². The van der Waals surface area contributed by atoms with Gasteiger partial charge >= 0.3 is 0 Å². The summed E-state index contributed by atoms with van der Waals surface area (Å²) in [5, 5.41) is 0.935. The van der Waals surface area contributed by atoms with Crippen LogP contribution in [0.5, 0.6) is 0 Å². The van der Waals surface area contributed by atoms with Crippen molar-refractivity contribution in [2.24, 2.45) is 5.84 Å². The van der Waals surface area contributed by atoms with E-state index in [1.807, 2.05) is 18.2 Å². The topological polar surface area (TPSA) is 72.9 Å². The van der Waals surface area contributed by atoms with Gasteiger partial charge in [-0.3, -0.25) is 10.2 Å². The Balaban J connectivity index is 2.41. The number of nitrogen functional groups attached to an aromatic ring is 1. The van der Waals surface area contributed by atoms with E-state index in [2.05, 4.69) is 10.4 Å². The molecule has 2 aromatic carbocycles. The fraction of sp³-hybridized carbons (Fsp3) is 0. The molecule has 3 rings (SSSR count). The average molecular weight is 287 g/mol. The Morgan fingerprint density at radius 1 is 1.15 bits per heavy atom. The lowest BCUT2D eigenvalue weighted by Crippen LogP contribution is -2.25. The van der Waals surface area contributed by atoms with Crippen molar-refractivity contribution in [3.05, 3.63) is 63.9 Å². The quantitative estimate of drug-likeness (QED) is 0.560. The summed E-state index contributed by atoms with van der Waals surface area (Å²) in [6.45, 7) is 0. The highest BCUT2D eigenvalue weighted by atomic mass is 35.5. The molecule has 6 heteroatoms. The Bertz CT molecular complexity index is 830. The van der Waals surface area contributed by atoms with E-state index in [1.165, 1.54) is 4.57 Å². The molecule has 0 atom stereocenters. The van der Waals surface area contributed by atoms with Crippen LogP contribution in [0.25, 0.3) is 16.6 Å². The molecule has 0 aliphatic carbocycles. The van der Waals surface area contributed by atoms with E-state index >= 15 is 0 Å². The molecule has 0 saturated carbocycles. The Labute approximate surface area is 119 Å². The zero-order valence-corrected chi connectivity index (χ0v) is 11.1. The molecule has 0 saturated heterocycles. The van der Waals surface area contributed by atoms with Crippen molar-refractivity contribution in [3.8, 4) is 5.69 Å². The molecule has 100 valence electrons. The number of benzene rings is 2. The Hall–Kier alpha value is -2.37. The smallest absolute Gasteiger partial charge is 0.267 e. The number of fused-ring (bicyclic) bond motifs is 1. The molecule has 5 nitrogen and oxygen atoms in total. The van der Waals surface area contributed by atoms with E-state index in [0.29, 0.717) is 21.6 Å². The second-order valence-corrected chi connectivity index (χ2v) is 4.65. The highest BCUT2D eigenvalue weighted by Gasteiger charge is 2.12. The van der Waals surface area contributed by atoms with Gasteiger partial charge in [0, 0.05) is 5.02 Å². The van der Waals surface area contributed by atoms with Gasteiger partial charge in [0.1, 0.15) is 0 Å². The maximum Gasteiger partial charge on any atom is 0.267 e. The van der Waals surface area contributed by atoms with Crippen LogP contribution in [-0.2, 0) is 0 Å². The van der Waals surface area contributed by atoms with Crippen molar-refractivity contribution in [2.45, 2.75) is 0 Å². The first-order chi connectivity index (χ1) is 9.70. The molecule has 0 aliphatic rings. The standard InChI is InChI=1S/C14H11ClN4O/c15-9-6-7-12-11(8-9)13(20)19(14(17-12)18-16)10-4-2-1-3-5-10/h1-8H,16H2,(H,17,18). The molecule has 0 unspecified atom stereocenters. The van der Waals surface area contributed by atoms with Crippen molar-refractivity contribution in [2.75, 3.05) is 5.43 Å². The zero-order chi connectivity index (χ0) is 14.1. The number of hydrogen-bond donors (Lipinski definition) is 2. The first-order valence-corrected chi connectivity index (χ1v) is 6.33. The molecule has 20 heavy (non-hydrogen) atoms. The lowest BCUT2D eigenvalue weighted by Gasteiger charge is -2.12. The molecular formula is C14H11ClN4O. The molecular weight excluding hydrogens is 276 g/mol. The average Bonchev–Trinajstić information content (AvgIpc) is 2.48. The number of hydrogen-bond acceptors (Lipinski definition) is 4. The molecule has 0 fully saturated rings. The number of aromatic nitrogens is 2. The van der Waals surface area contributed by atoms with E-state index in [1.54, 1.807) is 30.3 Å². The second kappa shape index (κ2) is 4.96. The Kier molecular flexibility index (Phi) is 3.14. The van der Waals surface area contributed by atoms with Gasteiger partial charge in [0.15, 0.2) is 0 Å². The van der Waals surface area contributed by atoms with Gasteiger partial charge in [0.25, 0.3) is 5.56 Å². The van der Waals surface area contributed by atoms with Gasteiger partial charge in [-0.25, -0.2) is 15.4 Å². The summed E-state index contributed by atoms with van der Waals surface area (Å²) in [4.78, 5) is 17.0. The minimum Gasteiger partial charge on any atom is -0.293 e. The van der Waals surface area contributed by atoms with Crippen LogP contribution in [0.3, 0.4) is 0 Å².